The monoisotopic (exact) mass is 775 g/mol. The van der Waals surface area contributed by atoms with E-state index in [2.05, 4.69) is 83.1 Å². The first-order valence-electron chi connectivity index (χ1n) is 17.8. The normalized spacial score (nSPS) is 21.8. The Balaban J connectivity index is 1.40. The number of alkyl halides is 1. The molecular weight excluding hydrogens is 724 g/mol. The van der Waals surface area contributed by atoms with Gasteiger partial charge in [-0.1, -0.05) is 79.3 Å². The van der Waals surface area contributed by atoms with Crippen molar-refractivity contribution in [2.24, 2.45) is 0 Å². The highest BCUT2D eigenvalue weighted by atomic mass is 35.5. The number of benzene rings is 1. The van der Waals surface area contributed by atoms with Crippen LogP contribution in [0.25, 0.3) is 0 Å². The van der Waals surface area contributed by atoms with Crippen molar-refractivity contribution in [3.05, 3.63) is 113 Å². The molecular formula is C38H52ClFN5O7P. The number of rotatable bonds is 23. The molecule has 0 saturated carbocycles. The van der Waals surface area contributed by atoms with Gasteiger partial charge in [0.25, 0.3) is 0 Å². The van der Waals surface area contributed by atoms with Gasteiger partial charge in [0.2, 0.25) is 5.91 Å². The average molecular weight is 776 g/mol. The molecule has 1 saturated heterocycles. The Labute approximate surface area is 316 Å². The molecule has 1 unspecified atom stereocenters. The van der Waals surface area contributed by atoms with Gasteiger partial charge in [0.15, 0.2) is 11.9 Å². The van der Waals surface area contributed by atoms with Crippen LogP contribution < -0.4 is 26.4 Å². The molecule has 2 heterocycles. The fraction of sp³-hybridized carbons (Fsp3) is 0.447. The van der Waals surface area contributed by atoms with Gasteiger partial charge in [0.05, 0.1) is 6.61 Å². The zero-order valence-corrected chi connectivity index (χ0v) is 32.0. The molecule has 1 aliphatic rings. The lowest BCUT2D eigenvalue weighted by Crippen LogP contribution is -2.43. The summed E-state index contributed by atoms with van der Waals surface area (Å²) in [4.78, 5) is 28.3. The molecule has 1 amide bonds. The SMILES string of the molecule is CC/C=C\C/C=C\C/C=C\C/C=C\C/C=C\CCCC(=O)NCCNP(=O)(OC[C@H]1O[C@@H](n2ccc(N)nc2=O)[C@](C)(F)[C@@H]1O)Oc1ccc(Cl)cc1. The Kier molecular flexibility index (Phi) is 19.0. The first kappa shape index (κ1) is 43.6. The Morgan fingerprint density at radius 1 is 1.04 bits per heavy atom. The maximum atomic E-state index is 15.7. The summed E-state index contributed by atoms with van der Waals surface area (Å²) in [5, 5.41) is 16.6. The lowest BCUT2D eigenvalue weighted by molar-refractivity contribution is -0.121. The van der Waals surface area contributed by atoms with Crippen LogP contribution in [0.4, 0.5) is 10.2 Å². The minimum Gasteiger partial charge on any atom is -0.413 e. The standard InChI is InChI=1S/C38H52ClFN5O7P/c1-3-4-5-6-7-8-9-10-11-12-13-14-15-16-17-18-19-20-34(46)42-26-27-43-53(49,52-31-23-21-30(39)22-24-31)50-29-32-35(47)38(2,40)36(51-32)45-28-25-33(41)44-37(45)48/h4-5,7-8,10-11,13-14,16-17,21-25,28,32,35-36,47H,3,6,9,12,15,18-20,26-27,29H2,1-2H3,(H,42,46)(H,43,49)(H2,41,44,48)/b5-4-,8-7-,11-10-,14-13-,17-16-/t32-,35-,36-,38-,53?/m1/s1. The van der Waals surface area contributed by atoms with E-state index in [1.54, 1.807) is 0 Å². The number of nitrogens with two attached hydrogens (primary N) is 1. The lowest BCUT2D eigenvalue weighted by atomic mass is 9.98. The molecule has 0 spiro atoms. The molecule has 0 bridgehead atoms. The van der Waals surface area contributed by atoms with Gasteiger partial charge in [0, 0.05) is 30.7 Å². The predicted molar refractivity (Wildman–Crippen MR) is 207 cm³/mol. The van der Waals surface area contributed by atoms with Gasteiger partial charge in [-0.15, -0.1) is 0 Å². The lowest BCUT2D eigenvalue weighted by Gasteiger charge is -2.25. The molecule has 2 aromatic rings. The largest absolute Gasteiger partial charge is 0.458 e. The third-order valence-electron chi connectivity index (χ3n) is 7.95. The summed E-state index contributed by atoms with van der Waals surface area (Å²) in [6, 6.07) is 7.31. The fourth-order valence-corrected chi connectivity index (χ4v) is 6.56. The van der Waals surface area contributed by atoms with Gasteiger partial charge < -0.3 is 25.4 Å². The van der Waals surface area contributed by atoms with Crippen LogP contribution in [0.15, 0.2) is 102 Å². The van der Waals surface area contributed by atoms with E-state index in [1.807, 2.05) is 0 Å². The summed E-state index contributed by atoms with van der Waals surface area (Å²) >= 11 is 5.96. The zero-order chi connectivity index (χ0) is 38.5. The molecule has 53 heavy (non-hydrogen) atoms. The van der Waals surface area contributed by atoms with E-state index in [0.29, 0.717) is 17.9 Å². The summed E-state index contributed by atoms with van der Waals surface area (Å²) in [7, 11) is -4.18. The Morgan fingerprint density at radius 2 is 1.64 bits per heavy atom. The van der Waals surface area contributed by atoms with E-state index in [4.69, 9.17) is 31.1 Å². The quantitative estimate of drug-likeness (QED) is 0.0511. The summed E-state index contributed by atoms with van der Waals surface area (Å²) in [6.07, 6.45) is 24.4. The number of anilines is 1. The number of halogens is 2. The molecule has 15 heteroatoms. The van der Waals surface area contributed by atoms with Gasteiger partial charge in [-0.25, -0.2) is 18.8 Å². The highest BCUT2D eigenvalue weighted by Gasteiger charge is 2.55. The van der Waals surface area contributed by atoms with E-state index < -0.39 is 44.1 Å². The summed E-state index contributed by atoms with van der Waals surface area (Å²) in [5.41, 5.74) is 2.22. The molecule has 1 fully saturated rings. The van der Waals surface area contributed by atoms with Crippen LogP contribution in [0.2, 0.25) is 5.02 Å². The number of nitrogen functional groups attached to an aromatic ring is 1. The zero-order valence-electron chi connectivity index (χ0n) is 30.3. The molecule has 3 rings (SSSR count). The van der Waals surface area contributed by atoms with E-state index >= 15 is 4.39 Å². The van der Waals surface area contributed by atoms with Crippen LogP contribution in [-0.4, -0.2) is 58.1 Å². The van der Waals surface area contributed by atoms with Crippen LogP contribution >= 0.6 is 19.3 Å². The molecule has 1 aromatic carbocycles. The number of aliphatic hydroxyl groups excluding tert-OH is 1. The predicted octanol–water partition coefficient (Wildman–Crippen LogP) is 7.30. The first-order chi connectivity index (χ1) is 25.4. The molecule has 1 aliphatic heterocycles. The number of amides is 1. The molecule has 0 aliphatic carbocycles. The second-order valence-corrected chi connectivity index (χ2v) is 14.6. The Morgan fingerprint density at radius 3 is 2.25 bits per heavy atom. The number of unbranched alkanes of at least 4 members (excludes halogenated alkanes) is 1. The van der Waals surface area contributed by atoms with Crippen molar-refractivity contribution >= 4 is 31.1 Å². The van der Waals surface area contributed by atoms with Crippen molar-refractivity contribution < 1.29 is 32.6 Å². The topological polar surface area (TPSA) is 167 Å². The van der Waals surface area contributed by atoms with E-state index in [0.717, 1.165) is 50.0 Å². The van der Waals surface area contributed by atoms with Crippen molar-refractivity contribution in [1.82, 2.24) is 20.0 Å². The number of aromatic nitrogens is 2. The Hall–Kier alpha value is -3.84. The van der Waals surface area contributed by atoms with Crippen LogP contribution in [0, 0.1) is 0 Å². The van der Waals surface area contributed by atoms with Crippen LogP contribution in [-0.2, 0) is 18.6 Å². The first-order valence-corrected chi connectivity index (χ1v) is 19.7. The van der Waals surface area contributed by atoms with Crippen LogP contribution in [0.5, 0.6) is 5.75 Å². The summed E-state index contributed by atoms with van der Waals surface area (Å²) < 4.78 is 47.2. The van der Waals surface area contributed by atoms with Crippen molar-refractivity contribution in [3.63, 3.8) is 0 Å². The van der Waals surface area contributed by atoms with E-state index in [1.165, 1.54) is 36.5 Å². The third-order valence-corrected chi connectivity index (χ3v) is 9.76. The highest BCUT2D eigenvalue weighted by molar-refractivity contribution is 7.52. The van der Waals surface area contributed by atoms with Crippen molar-refractivity contribution in [1.29, 1.82) is 0 Å². The van der Waals surface area contributed by atoms with Crippen LogP contribution in [0.1, 0.15) is 71.4 Å². The van der Waals surface area contributed by atoms with Gasteiger partial charge in [0.1, 0.15) is 23.8 Å². The number of aliphatic hydroxyl groups is 1. The van der Waals surface area contributed by atoms with E-state index in [9.17, 15) is 19.3 Å². The highest BCUT2D eigenvalue weighted by Crippen LogP contribution is 2.47. The summed E-state index contributed by atoms with van der Waals surface area (Å²) in [6.45, 7) is 2.73. The average Bonchev–Trinajstić information content (AvgIpc) is 3.35. The number of nitrogens with zero attached hydrogens (tertiary/aromatic N) is 2. The maximum absolute atomic E-state index is 15.7. The molecule has 12 nitrogen and oxygen atoms in total. The number of hydrogen-bond donors (Lipinski definition) is 4. The minimum atomic E-state index is -4.18. The van der Waals surface area contributed by atoms with Crippen molar-refractivity contribution in [2.75, 3.05) is 25.4 Å². The number of carbonyl (C=O) groups is 1. The minimum absolute atomic E-state index is 0.00456. The van der Waals surface area contributed by atoms with Crippen molar-refractivity contribution in [2.45, 2.75) is 89.3 Å². The maximum Gasteiger partial charge on any atom is 0.458 e. The fourth-order valence-electron chi connectivity index (χ4n) is 5.10. The second kappa shape index (κ2) is 23.1. The summed E-state index contributed by atoms with van der Waals surface area (Å²) in [5.74, 6) is -0.0734. The number of ether oxygens (including phenoxy) is 1. The van der Waals surface area contributed by atoms with Crippen LogP contribution in [0.3, 0.4) is 0 Å². The van der Waals surface area contributed by atoms with Crippen molar-refractivity contribution in [3.8, 4) is 5.75 Å². The second-order valence-electron chi connectivity index (χ2n) is 12.4. The Bertz CT molecular complexity index is 1680. The number of nitrogens with one attached hydrogen (secondary N) is 2. The molecule has 0 radical (unpaired) electrons. The van der Waals surface area contributed by atoms with Gasteiger partial charge in [-0.3, -0.25) is 13.9 Å². The van der Waals surface area contributed by atoms with Gasteiger partial charge in [-0.2, -0.15) is 4.98 Å². The third kappa shape index (κ3) is 15.6. The van der Waals surface area contributed by atoms with E-state index in [-0.39, 0.29) is 30.6 Å². The molecule has 5 N–H and O–H groups in total. The molecule has 1 aromatic heterocycles. The number of allylic oxidation sites excluding steroid dienone is 10. The number of hydrogen-bond acceptors (Lipinski definition) is 9. The smallest absolute Gasteiger partial charge is 0.413 e. The van der Waals surface area contributed by atoms with Gasteiger partial charge >= 0.3 is 13.4 Å². The molecule has 5 atom stereocenters. The number of carbonyl (C=O) groups excluding carboxylic acids is 1. The molecule has 290 valence electrons. The van der Waals surface area contributed by atoms with Gasteiger partial charge in [-0.05, 0) is 82.2 Å².